The molecule has 0 atom stereocenters. The highest BCUT2D eigenvalue weighted by Crippen LogP contribution is 2.31. The Morgan fingerprint density at radius 2 is 1.51 bits per heavy atom. The maximum Gasteiger partial charge on any atom is 0.336 e. The van der Waals surface area contributed by atoms with Crippen molar-refractivity contribution in [3.05, 3.63) is 71.3 Å². The predicted molar refractivity (Wildman–Crippen MR) is 135 cm³/mol. The summed E-state index contributed by atoms with van der Waals surface area (Å²) in [5, 5.41) is 14.3. The van der Waals surface area contributed by atoms with Crippen molar-refractivity contribution in [2.45, 2.75) is 76.7 Å². The number of Topliss-reactive ketones (excluding diaryl/α,β-unsaturated/α-hetero) is 1. The van der Waals surface area contributed by atoms with Crippen LogP contribution >= 0.6 is 0 Å². The number of hydrogen-bond donors (Lipinski definition) is 1. The first-order chi connectivity index (χ1) is 17.1. The third kappa shape index (κ3) is 5.21. The van der Waals surface area contributed by atoms with E-state index in [-0.39, 0.29) is 11.7 Å². The minimum Gasteiger partial charge on any atom is -0.478 e. The smallest absolute Gasteiger partial charge is 0.336 e. The number of carbonyl (C=O) groups is 2. The summed E-state index contributed by atoms with van der Waals surface area (Å²) in [6, 6.07) is 15.3. The summed E-state index contributed by atoms with van der Waals surface area (Å²) in [5.74, 6) is 0.494. The molecule has 1 heterocycles. The Kier molecular flexibility index (Phi) is 7.07. The standard InChI is InChI=1S/C29H33N3O3/c33-27(22-9-3-1-4-10-22)28-30-26(32(31-28)23-11-5-2-6-12-23)19-20-15-17-21(18-16-20)24-13-7-8-14-25(24)29(34)35/h7-8,13-18,22-23H,1-6,9-12,19H2,(H,34,35). The van der Waals surface area contributed by atoms with E-state index in [1.807, 2.05) is 41.1 Å². The minimum absolute atomic E-state index is 0.0624. The van der Waals surface area contributed by atoms with Crippen LogP contribution in [-0.4, -0.2) is 31.6 Å². The molecule has 3 aromatic rings. The Bertz CT molecular complexity index is 1190. The molecule has 0 saturated heterocycles. The van der Waals surface area contributed by atoms with Crippen LogP contribution in [0.2, 0.25) is 0 Å². The molecule has 2 fully saturated rings. The van der Waals surface area contributed by atoms with Gasteiger partial charge < -0.3 is 5.11 Å². The summed E-state index contributed by atoms with van der Waals surface area (Å²) in [4.78, 5) is 29.6. The lowest BCUT2D eigenvalue weighted by Crippen LogP contribution is -2.20. The summed E-state index contributed by atoms with van der Waals surface area (Å²) in [5.41, 5.74) is 2.94. The monoisotopic (exact) mass is 471 g/mol. The van der Waals surface area contributed by atoms with E-state index in [1.165, 1.54) is 25.7 Å². The molecule has 0 unspecified atom stereocenters. The fourth-order valence-corrected chi connectivity index (χ4v) is 5.65. The average molecular weight is 472 g/mol. The van der Waals surface area contributed by atoms with Gasteiger partial charge in [-0.1, -0.05) is 81.0 Å². The van der Waals surface area contributed by atoms with E-state index >= 15 is 0 Å². The second-order valence-corrected chi connectivity index (χ2v) is 10.0. The molecular weight excluding hydrogens is 438 g/mol. The van der Waals surface area contributed by atoms with E-state index in [9.17, 15) is 14.7 Å². The summed E-state index contributed by atoms with van der Waals surface area (Å²) < 4.78 is 2.04. The zero-order valence-corrected chi connectivity index (χ0v) is 20.2. The lowest BCUT2D eigenvalue weighted by molar-refractivity contribution is 0.0697. The van der Waals surface area contributed by atoms with Gasteiger partial charge in [0.1, 0.15) is 5.82 Å². The second-order valence-electron chi connectivity index (χ2n) is 10.0. The molecule has 0 bridgehead atoms. The number of rotatable bonds is 7. The van der Waals surface area contributed by atoms with Gasteiger partial charge in [-0.15, -0.1) is 5.10 Å². The van der Waals surface area contributed by atoms with Crippen LogP contribution < -0.4 is 0 Å². The number of ketones is 1. The van der Waals surface area contributed by atoms with Crippen LogP contribution in [-0.2, 0) is 6.42 Å². The van der Waals surface area contributed by atoms with Crippen molar-refractivity contribution < 1.29 is 14.7 Å². The number of carbonyl (C=O) groups excluding carboxylic acids is 1. The molecule has 35 heavy (non-hydrogen) atoms. The molecule has 0 radical (unpaired) electrons. The first-order valence-corrected chi connectivity index (χ1v) is 13.0. The van der Waals surface area contributed by atoms with Gasteiger partial charge in [0.25, 0.3) is 0 Å². The molecule has 1 N–H and O–H groups in total. The van der Waals surface area contributed by atoms with Gasteiger partial charge in [-0.3, -0.25) is 4.79 Å². The van der Waals surface area contributed by atoms with E-state index < -0.39 is 5.97 Å². The van der Waals surface area contributed by atoms with Gasteiger partial charge in [-0.25, -0.2) is 14.5 Å². The van der Waals surface area contributed by atoms with Crippen LogP contribution in [0.25, 0.3) is 11.1 Å². The third-order valence-electron chi connectivity index (χ3n) is 7.60. The normalized spacial score (nSPS) is 17.4. The molecule has 2 aliphatic rings. The number of carboxylic acid groups (broad SMARTS) is 1. The Balaban J connectivity index is 1.41. The van der Waals surface area contributed by atoms with E-state index in [1.54, 1.807) is 12.1 Å². The number of benzene rings is 2. The molecule has 182 valence electrons. The first kappa shape index (κ1) is 23.5. The van der Waals surface area contributed by atoms with Crippen LogP contribution in [0.3, 0.4) is 0 Å². The van der Waals surface area contributed by atoms with Gasteiger partial charge in [0, 0.05) is 12.3 Å². The SMILES string of the molecule is O=C(O)c1ccccc1-c1ccc(Cc2nc(C(=O)C3CCCCC3)nn2C2CCCCC2)cc1. The van der Waals surface area contributed by atoms with E-state index in [0.29, 0.717) is 29.4 Å². The van der Waals surface area contributed by atoms with Crippen LogP contribution in [0.5, 0.6) is 0 Å². The Morgan fingerprint density at radius 3 is 2.20 bits per heavy atom. The number of nitrogens with zero attached hydrogens (tertiary/aromatic N) is 3. The number of carboxylic acids is 1. The molecule has 2 saturated carbocycles. The molecule has 2 aromatic carbocycles. The van der Waals surface area contributed by atoms with Crippen molar-refractivity contribution in [1.82, 2.24) is 14.8 Å². The fraction of sp³-hybridized carbons (Fsp3) is 0.448. The van der Waals surface area contributed by atoms with Gasteiger partial charge in [0.15, 0.2) is 0 Å². The van der Waals surface area contributed by atoms with Gasteiger partial charge >= 0.3 is 5.97 Å². The van der Waals surface area contributed by atoms with Gasteiger partial charge in [0.2, 0.25) is 11.6 Å². The maximum atomic E-state index is 13.2. The summed E-state index contributed by atoms with van der Waals surface area (Å²) in [6.07, 6.45) is 11.7. The highest BCUT2D eigenvalue weighted by molar-refractivity contribution is 5.96. The fourth-order valence-electron chi connectivity index (χ4n) is 5.65. The van der Waals surface area contributed by atoms with Crippen LogP contribution in [0.15, 0.2) is 48.5 Å². The van der Waals surface area contributed by atoms with Crippen molar-refractivity contribution in [2.24, 2.45) is 5.92 Å². The quantitative estimate of drug-likeness (QED) is 0.397. The zero-order valence-electron chi connectivity index (χ0n) is 20.2. The Hall–Kier alpha value is -3.28. The number of aromatic carboxylic acids is 1. The molecule has 2 aliphatic carbocycles. The zero-order chi connectivity index (χ0) is 24.2. The second kappa shape index (κ2) is 10.5. The maximum absolute atomic E-state index is 13.2. The van der Waals surface area contributed by atoms with Crippen molar-refractivity contribution in [3.63, 3.8) is 0 Å². The van der Waals surface area contributed by atoms with Crippen molar-refractivity contribution >= 4 is 11.8 Å². The summed E-state index contributed by atoms with van der Waals surface area (Å²) in [6.45, 7) is 0. The van der Waals surface area contributed by atoms with E-state index in [0.717, 1.165) is 55.5 Å². The molecule has 0 aliphatic heterocycles. The van der Waals surface area contributed by atoms with E-state index in [2.05, 4.69) is 0 Å². The highest BCUT2D eigenvalue weighted by atomic mass is 16.4. The predicted octanol–water partition coefficient (Wildman–Crippen LogP) is 6.50. The third-order valence-corrected chi connectivity index (χ3v) is 7.60. The summed E-state index contributed by atoms with van der Waals surface area (Å²) in [7, 11) is 0. The molecule has 6 nitrogen and oxygen atoms in total. The molecule has 1 aromatic heterocycles. The minimum atomic E-state index is -0.930. The average Bonchev–Trinajstić information content (AvgIpc) is 3.33. The molecule has 0 spiro atoms. The molecular formula is C29H33N3O3. The van der Waals surface area contributed by atoms with E-state index in [4.69, 9.17) is 10.1 Å². The number of hydrogen-bond acceptors (Lipinski definition) is 4. The topological polar surface area (TPSA) is 85.1 Å². The Morgan fingerprint density at radius 1 is 0.857 bits per heavy atom. The van der Waals surface area contributed by atoms with Gasteiger partial charge in [0.05, 0.1) is 11.6 Å². The van der Waals surface area contributed by atoms with Gasteiger partial charge in [-0.05, 0) is 48.4 Å². The van der Waals surface area contributed by atoms with Crippen molar-refractivity contribution in [3.8, 4) is 11.1 Å². The van der Waals surface area contributed by atoms with Crippen molar-refractivity contribution in [1.29, 1.82) is 0 Å². The van der Waals surface area contributed by atoms with Crippen molar-refractivity contribution in [2.75, 3.05) is 0 Å². The Labute approximate surface area is 206 Å². The molecule has 5 rings (SSSR count). The highest BCUT2D eigenvalue weighted by Gasteiger charge is 2.28. The number of aromatic nitrogens is 3. The molecule has 6 heteroatoms. The van der Waals surface area contributed by atoms with Crippen LogP contribution in [0.4, 0.5) is 0 Å². The largest absolute Gasteiger partial charge is 0.478 e. The molecule has 0 amide bonds. The lowest BCUT2D eigenvalue weighted by Gasteiger charge is -2.23. The first-order valence-electron chi connectivity index (χ1n) is 13.0. The van der Waals surface area contributed by atoms with Crippen LogP contribution in [0.1, 0.15) is 103 Å². The lowest BCUT2D eigenvalue weighted by atomic mass is 9.86. The van der Waals surface area contributed by atoms with Crippen LogP contribution in [0, 0.1) is 5.92 Å². The summed E-state index contributed by atoms with van der Waals surface area (Å²) >= 11 is 0. The van der Waals surface area contributed by atoms with Gasteiger partial charge in [-0.2, -0.15) is 0 Å².